The van der Waals surface area contributed by atoms with E-state index in [9.17, 15) is 22.8 Å². The smallest absolute Gasteiger partial charge is 0.411 e. The highest BCUT2D eigenvalue weighted by atomic mass is 19.4. The van der Waals surface area contributed by atoms with E-state index in [4.69, 9.17) is 5.11 Å². The number of carboxylic acids is 1. The van der Waals surface area contributed by atoms with Gasteiger partial charge in [0.15, 0.2) is 0 Å². The van der Waals surface area contributed by atoms with Crippen molar-refractivity contribution in [1.29, 1.82) is 0 Å². The minimum absolute atomic E-state index is 0.103. The number of urea groups is 1. The monoisotopic (exact) mass is 268 g/mol. The van der Waals surface area contributed by atoms with Gasteiger partial charge in [0, 0.05) is 6.54 Å². The van der Waals surface area contributed by atoms with E-state index in [1.165, 1.54) is 0 Å². The second-order valence-corrected chi connectivity index (χ2v) is 4.33. The van der Waals surface area contributed by atoms with Crippen molar-refractivity contribution in [3.8, 4) is 0 Å². The zero-order valence-electron chi connectivity index (χ0n) is 9.88. The minimum atomic E-state index is -4.50. The lowest BCUT2D eigenvalue weighted by Gasteiger charge is -2.26. The summed E-state index contributed by atoms with van der Waals surface area (Å²) in [5.74, 6) is -1.25. The molecule has 1 aliphatic carbocycles. The Hall–Kier alpha value is -1.47. The number of carboxylic acid groups (broad SMARTS) is 1. The van der Waals surface area contributed by atoms with E-state index in [1.54, 1.807) is 6.92 Å². The highest BCUT2D eigenvalue weighted by molar-refractivity contribution is 5.81. The number of hydrogen-bond donors (Lipinski definition) is 2. The Kier molecular flexibility index (Phi) is 4.08. The number of alkyl halides is 3. The van der Waals surface area contributed by atoms with Gasteiger partial charge in [0.05, 0.1) is 0 Å². The Balaban J connectivity index is 2.65. The van der Waals surface area contributed by atoms with Crippen LogP contribution in [0, 0.1) is 0 Å². The maximum Gasteiger partial charge on any atom is 0.411 e. The van der Waals surface area contributed by atoms with Crippen LogP contribution in [0.3, 0.4) is 0 Å². The summed E-state index contributed by atoms with van der Waals surface area (Å²) >= 11 is 0. The standard InChI is InChI=1S/C10H15F3N2O3/c1-2-5-15(6-7(16)17)8(18)14-9(3-4-9)10(11,12)13/h2-6H2,1H3,(H,14,18)(H,16,17). The Morgan fingerprint density at radius 1 is 1.39 bits per heavy atom. The summed E-state index contributed by atoms with van der Waals surface area (Å²) in [6.45, 7) is 1.21. The van der Waals surface area contributed by atoms with Gasteiger partial charge in [-0.25, -0.2) is 4.79 Å². The molecule has 0 spiro atoms. The summed E-state index contributed by atoms with van der Waals surface area (Å²) in [6.07, 6.45) is -4.34. The van der Waals surface area contributed by atoms with Gasteiger partial charge in [-0.15, -0.1) is 0 Å². The van der Waals surface area contributed by atoms with Gasteiger partial charge in [-0.1, -0.05) is 6.92 Å². The third kappa shape index (κ3) is 3.27. The molecule has 1 saturated carbocycles. The van der Waals surface area contributed by atoms with Gasteiger partial charge >= 0.3 is 18.2 Å². The zero-order chi connectivity index (χ0) is 14.0. The van der Waals surface area contributed by atoms with Gasteiger partial charge in [0.25, 0.3) is 0 Å². The third-order valence-corrected chi connectivity index (χ3v) is 2.75. The Morgan fingerprint density at radius 3 is 2.28 bits per heavy atom. The molecule has 104 valence electrons. The van der Waals surface area contributed by atoms with E-state index < -0.39 is 30.3 Å². The van der Waals surface area contributed by atoms with E-state index in [-0.39, 0.29) is 19.4 Å². The summed E-state index contributed by atoms with van der Waals surface area (Å²) in [6, 6.07) is -0.978. The van der Waals surface area contributed by atoms with E-state index in [1.807, 2.05) is 5.32 Å². The predicted octanol–water partition coefficient (Wildman–Crippen LogP) is 1.59. The average molecular weight is 268 g/mol. The molecule has 0 aliphatic heterocycles. The molecule has 0 radical (unpaired) electrons. The Labute approximate surface area is 102 Å². The highest BCUT2D eigenvalue weighted by Crippen LogP contribution is 2.48. The molecular formula is C10H15F3N2O3. The molecule has 1 aliphatic rings. The number of hydrogen-bond acceptors (Lipinski definition) is 2. The maximum atomic E-state index is 12.6. The molecule has 0 saturated heterocycles. The molecule has 0 bridgehead atoms. The number of aliphatic carboxylic acids is 1. The molecule has 0 aromatic rings. The molecular weight excluding hydrogens is 253 g/mol. The topological polar surface area (TPSA) is 69.6 Å². The first-order valence-corrected chi connectivity index (χ1v) is 5.57. The molecule has 0 aromatic heterocycles. The number of carbonyl (C=O) groups is 2. The third-order valence-electron chi connectivity index (χ3n) is 2.75. The van der Waals surface area contributed by atoms with Crippen LogP contribution < -0.4 is 5.32 Å². The van der Waals surface area contributed by atoms with Crippen LogP contribution in [0.1, 0.15) is 26.2 Å². The van der Waals surface area contributed by atoms with Crippen molar-refractivity contribution in [3.63, 3.8) is 0 Å². The first-order chi connectivity index (χ1) is 8.22. The summed E-state index contributed by atoms with van der Waals surface area (Å²) in [5.41, 5.74) is -2.16. The van der Waals surface area contributed by atoms with E-state index in [0.29, 0.717) is 6.42 Å². The molecule has 8 heteroatoms. The summed E-state index contributed by atoms with van der Waals surface area (Å²) < 4.78 is 37.9. The van der Waals surface area contributed by atoms with Gasteiger partial charge < -0.3 is 15.3 Å². The Bertz CT molecular complexity index is 340. The molecule has 0 unspecified atom stereocenters. The fourth-order valence-corrected chi connectivity index (χ4v) is 1.57. The first-order valence-electron chi connectivity index (χ1n) is 5.57. The molecule has 0 atom stereocenters. The lowest BCUT2D eigenvalue weighted by Crippen LogP contribution is -2.53. The number of amides is 2. The van der Waals surface area contributed by atoms with Gasteiger partial charge in [0.2, 0.25) is 0 Å². The summed E-state index contributed by atoms with van der Waals surface area (Å²) in [4.78, 5) is 23.0. The van der Waals surface area contributed by atoms with Gasteiger partial charge in [0.1, 0.15) is 12.1 Å². The van der Waals surface area contributed by atoms with Gasteiger partial charge in [-0.05, 0) is 19.3 Å². The number of halogens is 3. The number of carbonyl (C=O) groups excluding carboxylic acids is 1. The van der Waals surface area contributed by atoms with Crippen molar-refractivity contribution >= 4 is 12.0 Å². The number of nitrogens with one attached hydrogen (secondary N) is 1. The number of rotatable bonds is 5. The van der Waals surface area contributed by atoms with Crippen molar-refractivity contribution < 1.29 is 27.9 Å². The maximum absolute atomic E-state index is 12.6. The minimum Gasteiger partial charge on any atom is -0.480 e. The molecule has 1 fully saturated rings. The molecule has 0 aromatic carbocycles. The second-order valence-electron chi connectivity index (χ2n) is 4.33. The van der Waals surface area contributed by atoms with Crippen LogP contribution in [0.25, 0.3) is 0 Å². The predicted molar refractivity (Wildman–Crippen MR) is 56.1 cm³/mol. The van der Waals surface area contributed by atoms with Crippen LogP contribution in [-0.4, -0.2) is 46.8 Å². The fraction of sp³-hybridized carbons (Fsp3) is 0.800. The normalized spacial score (nSPS) is 17.1. The molecule has 2 amide bonds. The van der Waals surface area contributed by atoms with Crippen LogP contribution >= 0.6 is 0 Å². The van der Waals surface area contributed by atoms with Crippen LogP contribution in [-0.2, 0) is 4.79 Å². The van der Waals surface area contributed by atoms with Crippen molar-refractivity contribution in [3.05, 3.63) is 0 Å². The van der Waals surface area contributed by atoms with Gasteiger partial charge in [-0.2, -0.15) is 13.2 Å². The largest absolute Gasteiger partial charge is 0.480 e. The second kappa shape index (κ2) is 5.03. The lowest BCUT2D eigenvalue weighted by molar-refractivity contribution is -0.163. The van der Waals surface area contributed by atoms with Crippen LogP contribution in [0.2, 0.25) is 0 Å². The summed E-state index contributed by atoms with van der Waals surface area (Å²) in [7, 11) is 0. The fourth-order valence-electron chi connectivity index (χ4n) is 1.57. The van der Waals surface area contributed by atoms with Crippen LogP contribution in [0.5, 0.6) is 0 Å². The van der Waals surface area contributed by atoms with Crippen molar-refractivity contribution in [2.45, 2.75) is 37.9 Å². The van der Waals surface area contributed by atoms with E-state index in [2.05, 4.69) is 0 Å². The molecule has 2 N–H and O–H groups in total. The summed E-state index contributed by atoms with van der Waals surface area (Å²) in [5, 5.41) is 10.5. The zero-order valence-corrected chi connectivity index (χ0v) is 9.88. The molecule has 1 rings (SSSR count). The van der Waals surface area contributed by atoms with Crippen molar-refractivity contribution in [1.82, 2.24) is 10.2 Å². The first kappa shape index (κ1) is 14.6. The van der Waals surface area contributed by atoms with Crippen molar-refractivity contribution in [2.24, 2.45) is 0 Å². The van der Waals surface area contributed by atoms with Crippen LogP contribution in [0.4, 0.5) is 18.0 Å². The molecule has 0 heterocycles. The lowest BCUT2D eigenvalue weighted by atomic mass is 10.2. The SMILES string of the molecule is CCCN(CC(=O)O)C(=O)NC1(C(F)(F)F)CC1. The highest BCUT2D eigenvalue weighted by Gasteiger charge is 2.64. The number of nitrogens with zero attached hydrogens (tertiary/aromatic N) is 1. The molecule has 5 nitrogen and oxygen atoms in total. The quantitative estimate of drug-likeness (QED) is 0.795. The molecule has 18 heavy (non-hydrogen) atoms. The van der Waals surface area contributed by atoms with Crippen molar-refractivity contribution in [2.75, 3.05) is 13.1 Å². The van der Waals surface area contributed by atoms with Crippen LogP contribution in [0.15, 0.2) is 0 Å². The van der Waals surface area contributed by atoms with E-state index >= 15 is 0 Å². The Morgan fingerprint density at radius 2 is 1.94 bits per heavy atom. The van der Waals surface area contributed by atoms with Gasteiger partial charge in [-0.3, -0.25) is 4.79 Å². The van der Waals surface area contributed by atoms with E-state index in [0.717, 1.165) is 4.90 Å². The average Bonchev–Trinajstić information content (AvgIpc) is 2.96.